The fourth-order valence-electron chi connectivity index (χ4n) is 0.996. The van der Waals surface area contributed by atoms with Crippen LogP contribution in [-0.2, 0) is 0 Å². The van der Waals surface area contributed by atoms with Gasteiger partial charge in [0.1, 0.15) is 3.92 Å². The molecule has 0 aromatic carbocycles. The van der Waals surface area contributed by atoms with Crippen molar-refractivity contribution in [1.29, 1.82) is 0 Å². The van der Waals surface area contributed by atoms with Gasteiger partial charge in [0.25, 0.3) is 0 Å². The highest BCUT2D eigenvalue weighted by Gasteiger charge is 2.50. The van der Waals surface area contributed by atoms with E-state index in [-0.39, 0.29) is 0 Å². The van der Waals surface area contributed by atoms with Gasteiger partial charge in [-0.3, -0.25) is 0 Å². The average Bonchev–Trinajstić information content (AvgIpc) is 1.96. The summed E-state index contributed by atoms with van der Waals surface area (Å²) in [6.07, 6.45) is -19.3. The molecule has 0 saturated carbocycles. The highest BCUT2D eigenvalue weighted by molar-refractivity contribution is 14.1. The Morgan fingerprint density at radius 3 is 1.41 bits per heavy atom. The Kier molecular flexibility index (Phi) is 5.42. The molecule has 0 N–H and O–H groups in total. The van der Waals surface area contributed by atoms with Crippen LogP contribution in [0.5, 0.6) is 0 Å². The highest BCUT2D eigenvalue weighted by atomic mass is 127. The number of hydrogen-bond donors (Lipinski definition) is 0. The molecule has 0 spiro atoms. The first kappa shape index (κ1) is 17.1. The van der Waals surface area contributed by atoms with Gasteiger partial charge in [0.15, 0.2) is 0 Å². The fraction of sp³-hybridized carbons (Fsp3) is 1.00. The zero-order chi connectivity index (χ0) is 14.1. The lowest BCUT2D eigenvalue weighted by Gasteiger charge is -2.24. The smallest absolute Gasteiger partial charge is 0.171 e. The molecule has 104 valence electrons. The standard InChI is InChI=1S/C7H6F9I/c8-5(9,10)2-3(6(11,12)13)1-4(17)7(14,15)16/h3-4H,1-2H2. The van der Waals surface area contributed by atoms with Crippen LogP contribution in [0.4, 0.5) is 39.5 Å². The van der Waals surface area contributed by atoms with Crippen LogP contribution in [0.1, 0.15) is 12.8 Å². The molecule has 2 unspecified atom stereocenters. The summed E-state index contributed by atoms with van der Waals surface area (Å²) in [4.78, 5) is 0. The van der Waals surface area contributed by atoms with E-state index >= 15 is 0 Å². The maximum Gasteiger partial charge on any atom is 0.400 e. The lowest BCUT2D eigenvalue weighted by atomic mass is 9.98. The van der Waals surface area contributed by atoms with E-state index in [1.165, 1.54) is 0 Å². The minimum Gasteiger partial charge on any atom is -0.171 e. The third-order valence-electron chi connectivity index (χ3n) is 1.79. The second-order valence-electron chi connectivity index (χ2n) is 3.30. The molecule has 17 heavy (non-hydrogen) atoms. The Balaban J connectivity index is 4.74. The van der Waals surface area contributed by atoms with Crippen LogP contribution in [0.15, 0.2) is 0 Å². The summed E-state index contributed by atoms with van der Waals surface area (Å²) < 4.78 is 105. The Morgan fingerprint density at radius 1 is 0.765 bits per heavy atom. The van der Waals surface area contributed by atoms with Gasteiger partial charge in [0.2, 0.25) is 0 Å². The first-order chi connectivity index (χ1) is 7.23. The molecule has 0 bridgehead atoms. The van der Waals surface area contributed by atoms with Gasteiger partial charge in [-0.15, -0.1) is 0 Å². The molecule has 0 amide bonds. The van der Waals surface area contributed by atoms with Crippen molar-refractivity contribution in [2.24, 2.45) is 5.92 Å². The normalized spacial score (nSPS) is 18.0. The Morgan fingerprint density at radius 2 is 1.18 bits per heavy atom. The summed E-state index contributed by atoms with van der Waals surface area (Å²) in [6.45, 7) is 0. The fourth-order valence-corrected chi connectivity index (χ4v) is 1.61. The molecule has 0 radical (unpaired) electrons. The second-order valence-corrected chi connectivity index (χ2v) is 4.81. The van der Waals surface area contributed by atoms with Gasteiger partial charge in [-0.25, -0.2) is 0 Å². The van der Waals surface area contributed by atoms with Crippen molar-refractivity contribution in [2.75, 3.05) is 0 Å². The topological polar surface area (TPSA) is 0 Å². The minimum atomic E-state index is -5.30. The Bertz CT molecular complexity index is 237. The van der Waals surface area contributed by atoms with Crippen molar-refractivity contribution >= 4 is 22.6 Å². The molecule has 2 atom stereocenters. The first-order valence-corrected chi connectivity index (χ1v) is 5.32. The first-order valence-electron chi connectivity index (χ1n) is 4.07. The van der Waals surface area contributed by atoms with Crippen LogP contribution in [0, 0.1) is 5.92 Å². The van der Waals surface area contributed by atoms with Crippen LogP contribution in [0.3, 0.4) is 0 Å². The molecule has 10 heteroatoms. The predicted molar refractivity (Wildman–Crippen MR) is 48.7 cm³/mol. The molecular weight excluding hydrogens is 382 g/mol. The minimum absolute atomic E-state index is 0.663. The van der Waals surface area contributed by atoms with Crippen molar-refractivity contribution in [2.45, 2.75) is 35.3 Å². The van der Waals surface area contributed by atoms with Crippen LogP contribution in [0.2, 0.25) is 0 Å². The molecule has 0 fully saturated rings. The third-order valence-corrected chi connectivity index (χ3v) is 3.00. The summed E-state index contributed by atoms with van der Waals surface area (Å²) >= 11 is 0.663. The molecule has 0 nitrogen and oxygen atoms in total. The quantitative estimate of drug-likeness (QED) is 0.368. The molecule has 0 aromatic heterocycles. The monoisotopic (exact) mass is 388 g/mol. The molecule has 0 aliphatic carbocycles. The van der Waals surface area contributed by atoms with Gasteiger partial charge in [-0.1, -0.05) is 22.6 Å². The largest absolute Gasteiger partial charge is 0.400 e. The summed E-state index contributed by atoms with van der Waals surface area (Å²) in [6, 6.07) is 0. The second kappa shape index (κ2) is 5.39. The van der Waals surface area contributed by atoms with Crippen LogP contribution in [-0.4, -0.2) is 22.5 Å². The van der Waals surface area contributed by atoms with E-state index < -0.39 is 41.2 Å². The van der Waals surface area contributed by atoms with Crippen LogP contribution in [0.25, 0.3) is 0 Å². The van der Waals surface area contributed by atoms with E-state index in [9.17, 15) is 39.5 Å². The lowest BCUT2D eigenvalue weighted by molar-refractivity contribution is -0.225. The molecule has 0 saturated heterocycles. The molecular formula is C7H6F9I. The van der Waals surface area contributed by atoms with E-state index in [1.807, 2.05) is 0 Å². The van der Waals surface area contributed by atoms with Crippen molar-refractivity contribution in [3.8, 4) is 0 Å². The number of rotatable bonds is 3. The van der Waals surface area contributed by atoms with Crippen molar-refractivity contribution in [3.63, 3.8) is 0 Å². The average molecular weight is 388 g/mol. The van der Waals surface area contributed by atoms with Crippen molar-refractivity contribution in [1.82, 2.24) is 0 Å². The van der Waals surface area contributed by atoms with Crippen molar-refractivity contribution in [3.05, 3.63) is 0 Å². The molecule has 0 heterocycles. The SMILES string of the molecule is FC(F)(F)CC(CC(I)C(F)(F)F)C(F)(F)F. The lowest BCUT2D eigenvalue weighted by Crippen LogP contribution is -2.34. The van der Waals surface area contributed by atoms with Gasteiger partial charge in [0.05, 0.1) is 12.3 Å². The predicted octanol–water partition coefficient (Wildman–Crippen LogP) is 4.87. The maximum atomic E-state index is 12.1. The summed E-state index contributed by atoms with van der Waals surface area (Å²) in [5, 5.41) is 0. The van der Waals surface area contributed by atoms with Crippen LogP contribution < -0.4 is 0 Å². The summed E-state index contributed by atoms with van der Waals surface area (Å²) in [5.74, 6) is -3.04. The molecule has 0 aliphatic rings. The Hall–Kier alpha value is 0.100. The van der Waals surface area contributed by atoms with E-state index in [4.69, 9.17) is 0 Å². The third kappa shape index (κ3) is 7.19. The van der Waals surface area contributed by atoms with E-state index in [0.29, 0.717) is 22.6 Å². The van der Waals surface area contributed by atoms with Crippen molar-refractivity contribution < 1.29 is 39.5 Å². The van der Waals surface area contributed by atoms with Gasteiger partial charge >= 0.3 is 18.5 Å². The number of alkyl halides is 10. The number of hydrogen-bond acceptors (Lipinski definition) is 0. The maximum absolute atomic E-state index is 12.1. The van der Waals surface area contributed by atoms with E-state index in [2.05, 4.69) is 0 Å². The van der Waals surface area contributed by atoms with E-state index in [1.54, 1.807) is 0 Å². The van der Waals surface area contributed by atoms with Crippen LogP contribution >= 0.6 is 22.6 Å². The van der Waals surface area contributed by atoms with Gasteiger partial charge in [0, 0.05) is 0 Å². The van der Waals surface area contributed by atoms with E-state index in [0.717, 1.165) is 0 Å². The molecule has 0 aliphatic heterocycles. The number of halogens is 10. The van der Waals surface area contributed by atoms with Gasteiger partial charge < -0.3 is 0 Å². The Labute approximate surface area is 104 Å². The zero-order valence-corrected chi connectivity index (χ0v) is 10.0. The molecule has 0 rings (SSSR count). The summed E-state index contributed by atoms with van der Waals surface area (Å²) in [5.41, 5.74) is 0. The van der Waals surface area contributed by atoms with Gasteiger partial charge in [-0.05, 0) is 6.42 Å². The zero-order valence-electron chi connectivity index (χ0n) is 7.85. The molecule has 0 aromatic rings. The highest BCUT2D eigenvalue weighted by Crippen LogP contribution is 2.42. The van der Waals surface area contributed by atoms with Gasteiger partial charge in [-0.2, -0.15) is 39.5 Å². The summed E-state index contributed by atoms with van der Waals surface area (Å²) in [7, 11) is 0.